The molecule has 5 nitrogen and oxygen atoms in total. The van der Waals surface area contributed by atoms with Crippen LogP contribution in [0.4, 0.5) is 4.79 Å². The van der Waals surface area contributed by atoms with E-state index in [2.05, 4.69) is 10.6 Å². The number of amides is 2. The molecule has 0 spiro atoms. The van der Waals surface area contributed by atoms with E-state index in [1.807, 2.05) is 12.2 Å². The molecule has 0 saturated heterocycles. The SMILES string of the molecule is CCNC(=O)N[C@@H](C(=O)O)C1=CCCC=C1. The van der Waals surface area contributed by atoms with Crippen LogP contribution >= 0.6 is 0 Å². The Labute approximate surface area is 94.2 Å². The summed E-state index contributed by atoms with van der Waals surface area (Å²) in [6, 6.07) is -1.43. The number of nitrogens with one attached hydrogen (secondary N) is 2. The van der Waals surface area contributed by atoms with Crippen molar-refractivity contribution in [2.24, 2.45) is 0 Å². The van der Waals surface area contributed by atoms with Crippen molar-refractivity contribution in [3.05, 3.63) is 23.8 Å². The summed E-state index contributed by atoms with van der Waals surface area (Å²) in [5.74, 6) is -1.05. The highest BCUT2D eigenvalue weighted by atomic mass is 16.4. The topological polar surface area (TPSA) is 78.4 Å². The van der Waals surface area contributed by atoms with Gasteiger partial charge < -0.3 is 15.7 Å². The molecule has 0 unspecified atom stereocenters. The summed E-state index contributed by atoms with van der Waals surface area (Å²) in [5.41, 5.74) is 0.630. The minimum atomic E-state index is -1.05. The van der Waals surface area contributed by atoms with Crippen LogP contribution in [0.1, 0.15) is 19.8 Å². The highest BCUT2D eigenvalue weighted by molar-refractivity contribution is 5.85. The minimum Gasteiger partial charge on any atom is -0.479 e. The monoisotopic (exact) mass is 224 g/mol. The van der Waals surface area contributed by atoms with Gasteiger partial charge in [0.25, 0.3) is 0 Å². The van der Waals surface area contributed by atoms with Crippen molar-refractivity contribution >= 4 is 12.0 Å². The van der Waals surface area contributed by atoms with Crippen LogP contribution in [0.2, 0.25) is 0 Å². The lowest BCUT2D eigenvalue weighted by atomic mass is 10.0. The largest absolute Gasteiger partial charge is 0.479 e. The molecule has 16 heavy (non-hydrogen) atoms. The Bertz CT molecular complexity index is 334. The van der Waals surface area contributed by atoms with Crippen LogP contribution in [0, 0.1) is 0 Å². The Morgan fingerprint density at radius 3 is 2.75 bits per heavy atom. The highest BCUT2D eigenvalue weighted by Gasteiger charge is 2.23. The van der Waals surface area contributed by atoms with Crippen molar-refractivity contribution in [3.8, 4) is 0 Å². The van der Waals surface area contributed by atoms with Crippen LogP contribution in [-0.2, 0) is 4.79 Å². The molecule has 0 heterocycles. The number of aliphatic carboxylic acids is 1. The lowest BCUT2D eigenvalue weighted by Gasteiger charge is -2.17. The van der Waals surface area contributed by atoms with Gasteiger partial charge in [0.15, 0.2) is 6.04 Å². The average molecular weight is 224 g/mol. The molecule has 0 saturated carbocycles. The number of carbonyl (C=O) groups is 2. The van der Waals surface area contributed by atoms with Crippen LogP contribution in [0.3, 0.4) is 0 Å². The number of hydrogen-bond donors (Lipinski definition) is 3. The minimum absolute atomic E-state index is 0.463. The van der Waals surface area contributed by atoms with Crippen LogP contribution < -0.4 is 10.6 Å². The summed E-state index contributed by atoms with van der Waals surface area (Å²) >= 11 is 0. The summed E-state index contributed by atoms with van der Waals surface area (Å²) in [6.45, 7) is 2.24. The zero-order valence-corrected chi connectivity index (χ0v) is 9.19. The van der Waals surface area contributed by atoms with Gasteiger partial charge in [-0.2, -0.15) is 0 Å². The second-order valence-electron chi connectivity index (χ2n) is 3.46. The first-order valence-electron chi connectivity index (χ1n) is 5.29. The molecule has 5 heteroatoms. The maximum atomic E-state index is 11.3. The van der Waals surface area contributed by atoms with Gasteiger partial charge in [-0.25, -0.2) is 9.59 Å². The van der Waals surface area contributed by atoms with E-state index in [0.717, 1.165) is 12.8 Å². The van der Waals surface area contributed by atoms with Gasteiger partial charge in [-0.3, -0.25) is 0 Å². The number of carboxylic acid groups (broad SMARTS) is 1. The van der Waals surface area contributed by atoms with E-state index in [9.17, 15) is 9.59 Å². The van der Waals surface area contributed by atoms with Crippen molar-refractivity contribution in [3.63, 3.8) is 0 Å². The third-order valence-corrected chi connectivity index (χ3v) is 2.22. The molecule has 0 radical (unpaired) electrons. The molecular formula is C11H16N2O3. The molecule has 1 rings (SSSR count). The normalized spacial score (nSPS) is 16.2. The molecule has 88 valence electrons. The average Bonchev–Trinajstić information content (AvgIpc) is 2.27. The second-order valence-corrected chi connectivity index (χ2v) is 3.46. The van der Waals surface area contributed by atoms with E-state index in [-0.39, 0.29) is 0 Å². The fraction of sp³-hybridized carbons (Fsp3) is 0.455. The van der Waals surface area contributed by atoms with Crippen LogP contribution in [0.25, 0.3) is 0 Å². The Kier molecular flexibility index (Phi) is 4.57. The third kappa shape index (κ3) is 3.42. The van der Waals surface area contributed by atoms with Crippen molar-refractivity contribution in [1.82, 2.24) is 10.6 Å². The van der Waals surface area contributed by atoms with Gasteiger partial charge >= 0.3 is 12.0 Å². The third-order valence-electron chi connectivity index (χ3n) is 2.22. The molecule has 1 aliphatic carbocycles. The van der Waals surface area contributed by atoms with Crippen molar-refractivity contribution < 1.29 is 14.7 Å². The maximum Gasteiger partial charge on any atom is 0.330 e. The Hall–Kier alpha value is -1.78. The van der Waals surface area contributed by atoms with Gasteiger partial charge in [0.05, 0.1) is 0 Å². The quantitative estimate of drug-likeness (QED) is 0.667. The number of rotatable bonds is 4. The van der Waals surface area contributed by atoms with Gasteiger partial charge in [-0.15, -0.1) is 0 Å². The first-order valence-corrected chi connectivity index (χ1v) is 5.29. The lowest BCUT2D eigenvalue weighted by Crippen LogP contribution is -2.46. The number of carboxylic acids is 1. The summed E-state index contributed by atoms with van der Waals surface area (Å²) in [6.07, 6.45) is 7.22. The second kappa shape index (κ2) is 5.95. The zero-order valence-electron chi connectivity index (χ0n) is 9.19. The van der Waals surface area contributed by atoms with Crippen molar-refractivity contribution in [1.29, 1.82) is 0 Å². The standard InChI is InChI=1S/C11H16N2O3/c1-2-12-11(16)13-9(10(14)15)8-6-4-3-5-7-8/h4,6-7,9H,2-3,5H2,1H3,(H,14,15)(H2,12,13,16)/t9-/m1/s1. The molecular weight excluding hydrogens is 208 g/mol. The van der Waals surface area contributed by atoms with Gasteiger partial charge in [0.1, 0.15) is 0 Å². The van der Waals surface area contributed by atoms with Gasteiger partial charge in [-0.05, 0) is 25.3 Å². The number of hydrogen-bond acceptors (Lipinski definition) is 2. The zero-order chi connectivity index (χ0) is 12.0. The molecule has 0 bridgehead atoms. The number of carbonyl (C=O) groups excluding carboxylic acids is 1. The van der Waals surface area contributed by atoms with Crippen molar-refractivity contribution in [2.45, 2.75) is 25.8 Å². The summed E-state index contributed by atoms with van der Waals surface area (Å²) < 4.78 is 0. The molecule has 3 N–H and O–H groups in total. The molecule has 1 atom stereocenters. The fourth-order valence-corrected chi connectivity index (χ4v) is 1.48. The van der Waals surface area contributed by atoms with Crippen LogP contribution in [-0.4, -0.2) is 29.7 Å². The number of allylic oxidation sites excluding steroid dienone is 2. The molecule has 2 amide bonds. The van der Waals surface area contributed by atoms with E-state index in [0.29, 0.717) is 12.1 Å². The van der Waals surface area contributed by atoms with Gasteiger partial charge in [0, 0.05) is 6.54 Å². The molecule has 0 aromatic carbocycles. The van der Waals surface area contributed by atoms with E-state index in [1.165, 1.54) is 0 Å². The summed E-state index contributed by atoms with van der Waals surface area (Å²) in [5, 5.41) is 13.9. The molecule has 0 aromatic rings. The highest BCUT2D eigenvalue weighted by Crippen LogP contribution is 2.13. The molecule has 0 aliphatic heterocycles. The first kappa shape index (κ1) is 12.3. The fourth-order valence-electron chi connectivity index (χ4n) is 1.48. The smallest absolute Gasteiger partial charge is 0.330 e. The Balaban J connectivity index is 2.68. The molecule has 0 fully saturated rings. The molecule has 0 aromatic heterocycles. The van der Waals surface area contributed by atoms with Gasteiger partial charge in [0.2, 0.25) is 0 Å². The van der Waals surface area contributed by atoms with E-state index < -0.39 is 18.0 Å². The first-order chi connectivity index (χ1) is 7.65. The lowest BCUT2D eigenvalue weighted by molar-refractivity contribution is -0.138. The predicted molar refractivity (Wildman–Crippen MR) is 60.1 cm³/mol. The maximum absolute atomic E-state index is 11.3. The molecule has 1 aliphatic rings. The van der Waals surface area contributed by atoms with Gasteiger partial charge in [-0.1, -0.05) is 18.2 Å². The Morgan fingerprint density at radius 1 is 1.50 bits per heavy atom. The van der Waals surface area contributed by atoms with Crippen LogP contribution in [0.15, 0.2) is 23.8 Å². The summed E-state index contributed by atoms with van der Waals surface area (Å²) in [7, 11) is 0. The van der Waals surface area contributed by atoms with E-state index >= 15 is 0 Å². The number of urea groups is 1. The van der Waals surface area contributed by atoms with Crippen molar-refractivity contribution in [2.75, 3.05) is 6.54 Å². The predicted octanol–water partition coefficient (Wildman–Crippen LogP) is 1.04. The van der Waals surface area contributed by atoms with Crippen LogP contribution in [0.5, 0.6) is 0 Å². The van der Waals surface area contributed by atoms with E-state index in [1.54, 1.807) is 13.0 Å². The Morgan fingerprint density at radius 2 is 2.25 bits per heavy atom. The van der Waals surface area contributed by atoms with E-state index in [4.69, 9.17) is 5.11 Å². The summed E-state index contributed by atoms with van der Waals surface area (Å²) in [4.78, 5) is 22.3.